The monoisotopic (exact) mass is 345 g/mol. The van der Waals surface area contributed by atoms with Crippen molar-refractivity contribution in [1.29, 1.82) is 0 Å². The van der Waals surface area contributed by atoms with Gasteiger partial charge in [0.15, 0.2) is 5.69 Å². The number of likely N-dealkylation sites (N-methyl/N-ethyl adjacent to an activating group) is 1. The number of carbonyl (C=O) groups is 1. The lowest BCUT2D eigenvalue weighted by molar-refractivity contribution is -0.117. The summed E-state index contributed by atoms with van der Waals surface area (Å²) in [6, 6.07) is 7.41. The van der Waals surface area contributed by atoms with Gasteiger partial charge in [0.2, 0.25) is 5.91 Å². The maximum atomic E-state index is 12.5. The molecule has 0 bridgehead atoms. The molecule has 1 amide bonds. The first-order valence-electron chi connectivity index (χ1n) is 8.88. The molecule has 0 atom stereocenters. The zero-order chi connectivity index (χ0) is 18.4. The third-order valence-corrected chi connectivity index (χ3v) is 4.39. The van der Waals surface area contributed by atoms with E-state index in [2.05, 4.69) is 10.2 Å². The van der Waals surface area contributed by atoms with Crippen molar-refractivity contribution in [3.05, 3.63) is 34.7 Å². The average Bonchev–Trinajstić information content (AvgIpc) is 2.62. The number of nitrogens with one attached hydrogen (secondary N) is 1. The largest absolute Gasteiger partial charge is 0.421 e. The van der Waals surface area contributed by atoms with E-state index < -0.39 is 5.63 Å². The van der Waals surface area contributed by atoms with Crippen molar-refractivity contribution < 1.29 is 9.21 Å². The third kappa shape index (κ3) is 4.20. The molecule has 0 spiro atoms. The highest BCUT2D eigenvalue weighted by Crippen LogP contribution is 2.32. The summed E-state index contributed by atoms with van der Waals surface area (Å²) in [4.78, 5) is 29.0. The Kier molecular flexibility index (Phi) is 6.58. The van der Waals surface area contributed by atoms with Crippen LogP contribution < -0.4 is 15.8 Å². The summed E-state index contributed by atoms with van der Waals surface area (Å²) in [6.07, 6.45) is 0. The Labute approximate surface area is 148 Å². The molecular weight excluding hydrogens is 318 g/mol. The fourth-order valence-electron chi connectivity index (χ4n) is 2.94. The van der Waals surface area contributed by atoms with Gasteiger partial charge in [-0.25, -0.2) is 4.79 Å². The maximum Gasteiger partial charge on any atom is 0.362 e. The van der Waals surface area contributed by atoms with Gasteiger partial charge in [0, 0.05) is 18.5 Å². The quantitative estimate of drug-likeness (QED) is 0.745. The molecule has 1 N–H and O–H groups in total. The minimum Gasteiger partial charge on any atom is -0.421 e. The first-order valence-corrected chi connectivity index (χ1v) is 8.88. The Morgan fingerprint density at radius 1 is 1.04 bits per heavy atom. The highest BCUT2D eigenvalue weighted by atomic mass is 16.4. The normalized spacial score (nSPS) is 11.1. The smallest absolute Gasteiger partial charge is 0.362 e. The third-order valence-electron chi connectivity index (χ3n) is 4.39. The molecule has 0 aliphatic heterocycles. The predicted molar refractivity (Wildman–Crippen MR) is 102 cm³/mol. The van der Waals surface area contributed by atoms with E-state index in [1.54, 1.807) is 6.07 Å². The molecule has 6 heteroatoms. The van der Waals surface area contributed by atoms with Crippen molar-refractivity contribution in [2.45, 2.75) is 27.7 Å². The van der Waals surface area contributed by atoms with Crippen LogP contribution in [0.25, 0.3) is 11.0 Å². The Morgan fingerprint density at radius 2 is 1.68 bits per heavy atom. The summed E-state index contributed by atoms with van der Waals surface area (Å²) >= 11 is 0. The lowest BCUT2D eigenvalue weighted by Gasteiger charge is -2.25. The van der Waals surface area contributed by atoms with Crippen LogP contribution in [0.4, 0.5) is 11.4 Å². The van der Waals surface area contributed by atoms with Gasteiger partial charge in [-0.2, -0.15) is 0 Å². The number of fused-ring (bicyclic) bond motifs is 1. The Hall–Kier alpha value is -2.34. The molecule has 25 heavy (non-hydrogen) atoms. The van der Waals surface area contributed by atoms with Crippen molar-refractivity contribution in [2.24, 2.45) is 0 Å². The van der Waals surface area contributed by atoms with Gasteiger partial charge < -0.3 is 14.6 Å². The van der Waals surface area contributed by atoms with Crippen molar-refractivity contribution >= 4 is 28.3 Å². The maximum absolute atomic E-state index is 12.5. The van der Waals surface area contributed by atoms with E-state index in [1.807, 2.05) is 50.8 Å². The van der Waals surface area contributed by atoms with E-state index in [0.29, 0.717) is 5.58 Å². The van der Waals surface area contributed by atoms with Crippen LogP contribution in [0.5, 0.6) is 0 Å². The molecule has 0 aliphatic carbocycles. The number of hydrogen-bond donors (Lipinski definition) is 1. The van der Waals surface area contributed by atoms with Crippen LogP contribution in [0.2, 0.25) is 0 Å². The average molecular weight is 345 g/mol. The Morgan fingerprint density at radius 3 is 2.28 bits per heavy atom. The molecule has 0 saturated carbocycles. The van der Waals surface area contributed by atoms with E-state index >= 15 is 0 Å². The summed E-state index contributed by atoms with van der Waals surface area (Å²) in [6.45, 7) is 11.3. The van der Waals surface area contributed by atoms with Crippen molar-refractivity contribution in [3.8, 4) is 0 Å². The van der Waals surface area contributed by atoms with E-state index in [1.165, 1.54) is 0 Å². The molecule has 1 aromatic carbocycles. The summed E-state index contributed by atoms with van der Waals surface area (Å²) < 4.78 is 5.42. The molecule has 0 saturated heterocycles. The van der Waals surface area contributed by atoms with Crippen LogP contribution in [0, 0.1) is 0 Å². The summed E-state index contributed by atoms with van der Waals surface area (Å²) in [7, 11) is 0. The second-order valence-electron chi connectivity index (χ2n) is 5.79. The van der Waals surface area contributed by atoms with E-state index in [0.717, 1.165) is 37.3 Å². The minimum atomic E-state index is -0.520. The zero-order valence-corrected chi connectivity index (χ0v) is 15.5. The molecule has 0 aliphatic rings. The molecule has 1 heterocycles. The molecule has 0 fully saturated rings. The molecule has 2 rings (SSSR count). The van der Waals surface area contributed by atoms with Gasteiger partial charge in [-0.05, 0) is 39.1 Å². The van der Waals surface area contributed by atoms with Crippen molar-refractivity contribution in [3.63, 3.8) is 0 Å². The predicted octanol–water partition coefficient (Wildman–Crippen LogP) is 2.92. The first-order chi connectivity index (χ1) is 12.0. The second-order valence-corrected chi connectivity index (χ2v) is 5.79. The highest BCUT2D eigenvalue weighted by molar-refractivity contribution is 6.03. The van der Waals surface area contributed by atoms with Gasteiger partial charge in [0.1, 0.15) is 5.58 Å². The number of rotatable bonds is 8. The Balaban J connectivity index is 2.51. The van der Waals surface area contributed by atoms with Gasteiger partial charge >= 0.3 is 5.63 Å². The Bertz CT molecular complexity index is 777. The zero-order valence-electron chi connectivity index (χ0n) is 15.5. The van der Waals surface area contributed by atoms with Crippen LogP contribution >= 0.6 is 0 Å². The van der Waals surface area contributed by atoms with Crippen LogP contribution in [-0.4, -0.2) is 43.5 Å². The number of hydrogen-bond acceptors (Lipinski definition) is 5. The van der Waals surface area contributed by atoms with Crippen LogP contribution in [-0.2, 0) is 4.79 Å². The van der Waals surface area contributed by atoms with E-state index in [-0.39, 0.29) is 18.1 Å². The number of para-hydroxylation sites is 1. The summed E-state index contributed by atoms with van der Waals surface area (Å²) in [5.74, 6) is -0.209. The van der Waals surface area contributed by atoms with Gasteiger partial charge in [0.05, 0.1) is 12.2 Å². The number of amides is 1. The van der Waals surface area contributed by atoms with Crippen LogP contribution in [0.1, 0.15) is 27.7 Å². The molecule has 136 valence electrons. The van der Waals surface area contributed by atoms with Crippen molar-refractivity contribution in [1.82, 2.24) is 4.90 Å². The molecule has 0 radical (unpaired) electrons. The molecule has 2 aromatic rings. The fourth-order valence-corrected chi connectivity index (χ4v) is 2.94. The first kappa shape index (κ1) is 19.0. The molecule has 0 unspecified atom stereocenters. The standard InChI is InChI=1S/C19H27N3O3/c1-5-21(6-2)13-16(23)20-17-18(22(7-3)8-4)14-11-9-10-12-15(14)25-19(17)24/h9-12H,5-8,13H2,1-4H3,(H,20,23). The van der Waals surface area contributed by atoms with Gasteiger partial charge in [-0.1, -0.05) is 26.0 Å². The fraction of sp³-hybridized carbons (Fsp3) is 0.474. The molecular formula is C19H27N3O3. The number of benzene rings is 1. The SMILES string of the molecule is CCN(CC)CC(=O)Nc1c(N(CC)CC)c2ccccc2oc1=O. The lowest BCUT2D eigenvalue weighted by atomic mass is 10.1. The lowest BCUT2D eigenvalue weighted by Crippen LogP contribution is -2.35. The molecule has 6 nitrogen and oxygen atoms in total. The van der Waals surface area contributed by atoms with Gasteiger partial charge in [-0.15, -0.1) is 0 Å². The van der Waals surface area contributed by atoms with Gasteiger partial charge in [-0.3, -0.25) is 9.69 Å². The van der Waals surface area contributed by atoms with Crippen LogP contribution in [0.3, 0.4) is 0 Å². The topological polar surface area (TPSA) is 65.8 Å². The van der Waals surface area contributed by atoms with E-state index in [9.17, 15) is 9.59 Å². The highest BCUT2D eigenvalue weighted by Gasteiger charge is 2.20. The minimum absolute atomic E-state index is 0.209. The van der Waals surface area contributed by atoms with E-state index in [4.69, 9.17) is 4.42 Å². The van der Waals surface area contributed by atoms with Crippen molar-refractivity contribution in [2.75, 3.05) is 42.9 Å². The summed E-state index contributed by atoms with van der Waals surface area (Å²) in [5, 5.41) is 3.61. The summed E-state index contributed by atoms with van der Waals surface area (Å²) in [5.41, 5.74) is 0.953. The van der Waals surface area contributed by atoms with Crippen LogP contribution in [0.15, 0.2) is 33.5 Å². The van der Waals surface area contributed by atoms with Gasteiger partial charge in [0.25, 0.3) is 0 Å². The number of carbonyl (C=O) groups excluding carboxylic acids is 1. The second kappa shape index (κ2) is 8.67. The number of anilines is 2. The number of nitrogens with zero attached hydrogens (tertiary/aromatic N) is 2. The molecule has 1 aromatic heterocycles.